The number of carbonyl (C=O) groups excluding carboxylic acids is 1. The molecule has 1 aromatic carbocycles. The molecule has 4 nitrogen and oxygen atoms in total. The van der Waals surface area contributed by atoms with E-state index in [0.717, 1.165) is 15.9 Å². The van der Waals surface area contributed by atoms with Gasteiger partial charge in [0.1, 0.15) is 0 Å². The maximum Gasteiger partial charge on any atom is 0.276 e. The third-order valence-electron chi connectivity index (χ3n) is 3.04. The van der Waals surface area contributed by atoms with Crippen LogP contribution in [0.2, 0.25) is 0 Å². The van der Waals surface area contributed by atoms with Crippen LogP contribution in [0.5, 0.6) is 0 Å². The number of aromatic nitrogens is 2. The van der Waals surface area contributed by atoms with Crippen molar-refractivity contribution in [1.29, 1.82) is 0 Å². The fraction of sp³-hybridized carbons (Fsp3) is 0.214. The van der Waals surface area contributed by atoms with Gasteiger partial charge in [-0.3, -0.25) is 4.79 Å². The molecule has 0 atom stereocenters. The van der Waals surface area contributed by atoms with Gasteiger partial charge >= 0.3 is 0 Å². The zero-order chi connectivity index (χ0) is 13.2. The van der Waals surface area contributed by atoms with Gasteiger partial charge in [0, 0.05) is 10.4 Å². The van der Waals surface area contributed by atoms with Gasteiger partial charge in [-0.05, 0) is 53.0 Å². The average molecular weight is 318 g/mol. The first-order chi connectivity index (χ1) is 9.24. The third kappa shape index (κ3) is 2.81. The molecule has 0 bridgehead atoms. The van der Waals surface area contributed by atoms with E-state index in [1.807, 2.05) is 30.3 Å². The lowest BCUT2D eigenvalue weighted by Crippen LogP contribution is -2.14. The predicted molar refractivity (Wildman–Crippen MR) is 76.1 cm³/mol. The van der Waals surface area contributed by atoms with E-state index >= 15 is 0 Å². The molecule has 1 saturated carbocycles. The van der Waals surface area contributed by atoms with Crippen molar-refractivity contribution in [3.63, 3.8) is 0 Å². The SMILES string of the molecule is O=C(Nc1ccccc1Br)c1ccc(C2CC2)nn1. The molecule has 1 heterocycles. The summed E-state index contributed by atoms with van der Waals surface area (Å²) < 4.78 is 0.839. The van der Waals surface area contributed by atoms with E-state index in [1.54, 1.807) is 6.07 Å². The van der Waals surface area contributed by atoms with Crippen molar-refractivity contribution in [2.75, 3.05) is 5.32 Å². The Bertz CT molecular complexity index is 608. The van der Waals surface area contributed by atoms with E-state index < -0.39 is 0 Å². The van der Waals surface area contributed by atoms with Gasteiger partial charge in [0.2, 0.25) is 0 Å². The Balaban J connectivity index is 1.74. The number of hydrogen-bond donors (Lipinski definition) is 1. The molecular weight excluding hydrogens is 306 g/mol. The minimum Gasteiger partial charge on any atom is -0.320 e. The number of anilines is 1. The normalized spacial score (nSPS) is 14.2. The number of halogens is 1. The van der Waals surface area contributed by atoms with E-state index in [1.165, 1.54) is 12.8 Å². The Morgan fingerprint density at radius 2 is 1.95 bits per heavy atom. The molecule has 19 heavy (non-hydrogen) atoms. The number of rotatable bonds is 3. The van der Waals surface area contributed by atoms with Gasteiger partial charge in [0.05, 0.1) is 11.4 Å². The topological polar surface area (TPSA) is 54.9 Å². The zero-order valence-corrected chi connectivity index (χ0v) is 11.7. The molecular formula is C14H12BrN3O. The summed E-state index contributed by atoms with van der Waals surface area (Å²) in [4.78, 5) is 12.0. The maximum absolute atomic E-state index is 12.0. The molecule has 0 radical (unpaired) electrons. The summed E-state index contributed by atoms with van der Waals surface area (Å²) in [5.41, 5.74) is 2.04. The third-order valence-corrected chi connectivity index (χ3v) is 3.73. The van der Waals surface area contributed by atoms with E-state index in [0.29, 0.717) is 11.6 Å². The lowest BCUT2D eigenvalue weighted by Gasteiger charge is -2.06. The van der Waals surface area contributed by atoms with Gasteiger partial charge in [0.25, 0.3) is 5.91 Å². The molecule has 1 aliphatic rings. The second-order valence-electron chi connectivity index (χ2n) is 4.55. The first kappa shape index (κ1) is 12.3. The Morgan fingerprint density at radius 3 is 2.58 bits per heavy atom. The number of hydrogen-bond acceptors (Lipinski definition) is 3. The highest BCUT2D eigenvalue weighted by Gasteiger charge is 2.25. The highest BCUT2D eigenvalue weighted by atomic mass is 79.9. The molecule has 2 aromatic rings. The van der Waals surface area contributed by atoms with Gasteiger partial charge < -0.3 is 5.32 Å². The van der Waals surface area contributed by atoms with Crippen LogP contribution in [0.15, 0.2) is 40.9 Å². The van der Waals surface area contributed by atoms with Crippen molar-refractivity contribution >= 4 is 27.5 Å². The first-order valence-electron chi connectivity index (χ1n) is 6.13. The van der Waals surface area contributed by atoms with Crippen LogP contribution < -0.4 is 5.32 Å². The molecule has 1 aliphatic carbocycles. The molecule has 0 aliphatic heterocycles. The zero-order valence-electron chi connectivity index (χ0n) is 10.1. The predicted octanol–water partition coefficient (Wildman–Crippen LogP) is 3.37. The van der Waals surface area contributed by atoms with Crippen molar-refractivity contribution in [2.45, 2.75) is 18.8 Å². The fourth-order valence-electron chi connectivity index (χ4n) is 1.81. The minimum atomic E-state index is -0.248. The van der Waals surface area contributed by atoms with Crippen LogP contribution in [-0.2, 0) is 0 Å². The Hall–Kier alpha value is -1.75. The molecule has 0 unspecified atom stereocenters. The second-order valence-corrected chi connectivity index (χ2v) is 5.41. The van der Waals surface area contributed by atoms with E-state index in [9.17, 15) is 4.79 Å². The lowest BCUT2D eigenvalue weighted by atomic mass is 10.2. The highest BCUT2D eigenvalue weighted by Crippen LogP contribution is 2.38. The van der Waals surface area contributed by atoms with Crippen LogP contribution >= 0.6 is 15.9 Å². The summed E-state index contributed by atoms with van der Waals surface area (Å²) in [5, 5.41) is 10.9. The summed E-state index contributed by atoms with van der Waals surface area (Å²) in [5.74, 6) is 0.301. The maximum atomic E-state index is 12.0. The molecule has 0 spiro atoms. The first-order valence-corrected chi connectivity index (χ1v) is 6.93. The lowest BCUT2D eigenvalue weighted by molar-refractivity contribution is 0.102. The summed E-state index contributed by atoms with van der Waals surface area (Å²) in [6.07, 6.45) is 2.36. The van der Waals surface area contributed by atoms with Crippen LogP contribution in [0.1, 0.15) is 34.9 Å². The molecule has 1 aromatic heterocycles. The van der Waals surface area contributed by atoms with Gasteiger partial charge in [-0.15, -0.1) is 5.10 Å². The molecule has 3 rings (SSSR count). The highest BCUT2D eigenvalue weighted by molar-refractivity contribution is 9.10. The van der Waals surface area contributed by atoms with E-state index in [4.69, 9.17) is 0 Å². The smallest absolute Gasteiger partial charge is 0.276 e. The van der Waals surface area contributed by atoms with E-state index in [-0.39, 0.29) is 5.91 Å². The minimum absolute atomic E-state index is 0.248. The largest absolute Gasteiger partial charge is 0.320 e. The van der Waals surface area contributed by atoms with Gasteiger partial charge in [0.15, 0.2) is 5.69 Å². The van der Waals surface area contributed by atoms with Gasteiger partial charge in [-0.2, -0.15) is 5.10 Å². The van der Waals surface area contributed by atoms with E-state index in [2.05, 4.69) is 31.4 Å². The van der Waals surface area contributed by atoms with Crippen LogP contribution in [0.25, 0.3) is 0 Å². The van der Waals surface area contributed by atoms with Crippen molar-refractivity contribution in [3.8, 4) is 0 Å². The molecule has 1 amide bonds. The quantitative estimate of drug-likeness (QED) is 0.944. The molecule has 96 valence electrons. The molecule has 1 fully saturated rings. The van der Waals surface area contributed by atoms with Crippen molar-refractivity contribution in [1.82, 2.24) is 10.2 Å². The number of nitrogens with one attached hydrogen (secondary N) is 1. The van der Waals surface area contributed by atoms with Crippen molar-refractivity contribution < 1.29 is 4.79 Å². The van der Waals surface area contributed by atoms with Gasteiger partial charge in [-0.25, -0.2) is 0 Å². The summed E-state index contributed by atoms with van der Waals surface area (Å²) in [6, 6.07) is 11.1. The van der Waals surface area contributed by atoms with Crippen molar-refractivity contribution in [3.05, 3.63) is 52.3 Å². The molecule has 0 saturated heterocycles. The summed E-state index contributed by atoms with van der Waals surface area (Å²) in [7, 11) is 0. The second kappa shape index (κ2) is 5.09. The van der Waals surface area contributed by atoms with Crippen LogP contribution in [0, 0.1) is 0 Å². The Morgan fingerprint density at radius 1 is 1.16 bits per heavy atom. The van der Waals surface area contributed by atoms with Crippen LogP contribution in [0.4, 0.5) is 5.69 Å². The van der Waals surface area contributed by atoms with Crippen molar-refractivity contribution in [2.24, 2.45) is 0 Å². The summed E-state index contributed by atoms with van der Waals surface area (Å²) in [6.45, 7) is 0. The summed E-state index contributed by atoms with van der Waals surface area (Å²) >= 11 is 3.39. The number of para-hydroxylation sites is 1. The standard InChI is InChI=1S/C14H12BrN3O/c15-10-3-1-2-4-12(10)16-14(19)13-8-7-11(17-18-13)9-5-6-9/h1-4,7-9H,5-6H2,(H,16,19). The molecule has 1 N–H and O–H groups in total. The Kier molecular flexibility index (Phi) is 3.29. The number of amides is 1. The van der Waals surface area contributed by atoms with Gasteiger partial charge in [-0.1, -0.05) is 12.1 Å². The van der Waals surface area contributed by atoms with Crippen LogP contribution in [0.3, 0.4) is 0 Å². The Labute approximate surface area is 119 Å². The van der Waals surface area contributed by atoms with Crippen LogP contribution in [-0.4, -0.2) is 16.1 Å². The number of carbonyl (C=O) groups is 1. The average Bonchev–Trinajstić information content (AvgIpc) is 3.26. The number of benzene rings is 1. The monoisotopic (exact) mass is 317 g/mol. The molecule has 5 heteroatoms. The number of nitrogens with zero attached hydrogens (tertiary/aromatic N) is 2. The fourth-order valence-corrected chi connectivity index (χ4v) is 2.19.